The lowest BCUT2D eigenvalue weighted by Gasteiger charge is -2.17. The molecule has 1 aromatic carbocycles. The first-order chi connectivity index (χ1) is 13.8. The van der Waals surface area contributed by atoms with Crippen molar-refractivity contribution in [1.29, 1.82) is 0 Å². The number of hydrogen-bond acceptors (Lipinski definition) is 8. The minimum Gasteiger partial charge on any atom is -0.465 e. The molecule has 158 valence electrons. The summed E-state index contributed by atoms with van der Waals surface area (Å²) in [7, 11) is 2.81. The summed E-state index contributed by atoms with van der Waals surface area (Å²) in [5.41, 5.74) is 0.220. The number of hydrogen-bond donors (Lipinski definition) is 2. The number of methoxy groups -OCH3 is 2. The third kappa shape index (κ3) is 5.78. The van der Waals surface area contributed by atoms with Gasteiger partial charge in [-0.05, 0) is 32.0 Å². The Morgan fingerprint density at radius 2 is 2.03 bits per heavy atom. The van der Waals surface area contributed by atoms with Gasteiger partial charge < -0.3 is 19.9 Å². The van der Waals surface area contributed by atoms with E-state index >= 15 is 0 Å². The molecule has 0 saturated carbocycles. The number of aromatic nitrogens is 2. The molecule has 0 radical (unpaired) electrons. The Balaban J connectivity index is 2.45. The SMILES string of the molecule is COCCNC(=O)[C@@H](C)Sc1nc2cc(C(=O)OC)ccc2c(=O)n1C[C@@H](C)O. The van der Waals surface area contributed by atoms with Crippen LogP contribution in [0.4, 0.5) is 0 Å². The summed E-state index contributed by atoms with van der Waals surface area (Å²) in [6, 6.07) is 4.47. The van der Waals surface area contributed by atoms with Gasteiger partial charge in [0.15, 0.2) is 5.16 Å². The van der Waals surface area contributed by atoms with Crippen molar-refractivity contribution in [3.8, 4) is 0 Å². The van der Waals surface area contributed by atoms with E-state index in [1.54, 1.807) is 21.0 Å². The summed E-state index contributed by atoms with van der Waals surface area (Å²) in [5, 5.41) is 12.6. The summed E-state index contributed by atoms with van der Waals surface area (Å²) in [6.07, 6.45) is -0.786. The van der Waals surface area contributed by atoms with E-state index in [9.17, 15) is 19.5 Å². The number of fused-ring (bicyclic) bond motifs is 1. The summed E-state index contributed by atoms with van der Waals surface area (Å²) >= 11 is 1.10. The number of rotatable bonds is 9. The maximum Gasteiger partial charge on any atom is 0.337 e. The highest BCUT2D eigenvalue weighted by Crippen LogP contribution is 2.23. The van der Waals surface area contributed by atoms with Gasteiger partial charge >= 0.3 is 5.97 Å². The van der Waals surface area contributed by atoms with E-state index in [4.69, 9.17) is 9.47 Å². The van der Waals surface area contributed by atoms with E-state index in [0.717, 1.165) is 11.8 Å². The van der Waals surface area contributed by atoms with Gasteiger partial charge in [-0.25, -0.2) is 9.78 Å². The maximum absolute atomic E-state index is 13.0. The minimum atomic E-state index is -0.786. The molecule has 9 nitrogen and oxygen atoms in total. The molecule has 0 aliphatic carbocycles. The first-order valence-electron chi connectivity index (χ1n) is 9.02. The number of ether oxygens (including phenoxy) is 2. The monoisotopic (exact) mass is 423 g/mol. The van der Waals surface area contributed by atoms with Gasteiger partial charge in [-0.3, -0.25) is 14.2 Å². The zero-order chi connectivity index (χ0) is 21.6. The van der Waals surface area contributed by atoms with Gasteiger partial charge in [0.25, 0.3) is 5.56 Å². The van der Waals surface area contributed by atoms with E-state index in [1.165, 1.54) is 29.9 Å². The Hall–Kier alpha value is -2.43. The second-order valence-electron chi connectivity index (χ2n) is 6.43. The van der Waals surface area contributed by atoms with Crippen molar-refractivity contribution in [2.45, 2.75) is 36.9 Å². The highest BCUT2D eigenvalue weighted by molar-refractivity contribution is 8.00. The number of nitrogens with one attached hydrogen (secondary N) is 1. The smallest absolute Gasteiger partial charge is 0.337 e. The number of amides is 1. The number of nitrogens with zero attached hydrogens (tertiary/aromatic N) is 2. The first-order valence-corrected chi connectivity index (χ1v) is 9.90. The summed E-state index contributed by atoms with van der Waals surface area (Å²) in [5.74, 6) is -0.768. The molecule has 1 heterocycles. The van der Waals surface area contributed by atoms with Crippen LogP contribution in [-0.2, 0) is 20.8 Å². The fourth-order valence-corrected chi connectivity index (χ4v) is 3.53. The van der Waals surface area contributed by atoms with Gasteiger partial charge in [0.2, 0.25) is 5.91 Å². The standard InChI is InChI=1S/C19H25N3O6S/c1-11(23)10-22-17(25)14-6-5-13(18(26)28-4)9-15(14)21-19(22)29-12(2)16(24)20-7-8-27-3/h5-6,9,11-12,23H,7-8,10H2,1-4H3,(H,20,24)/t11-,12-/m1/s1. The van der Waals surface area contributed by atoms with Gasteiger partial charge in [-0.2, -0.15) is 0 Å². The van der Waals surface area contributed by atoms with Crippen LogP contribution in [0.5, 0.6) is 0 Å². The van der Waals surface area contributed by atoms with Crippen LogP contribution in [0.1, 0.15) is 24.2 Å². The number of thioether (sulfide) groups is 1. The summed E-state index contributed by atoms with van der Waals surface area (Å²) < 4.78 is 11.0. The van der Waals surface area contributed by atoms with Crippen LogP contribution in [-0.4, -0.2) is 65.3 Å². The first kappa shape index (κ1) is 22.9. The molecule has 2 rings (SSSR count). The lowest BCUT2D eigenvalue weighted by Crippen LogP contribution is -2.34. The van der Waals surface area contributed by atoms with Crippen molar-refractivity contribution in [1.82, 2.24) is 14.9 Å². The van der Waals surface area contributed by atoms with Crippen molar-refractivity contribution in [3.63, 3.8) is 0 Å². The van der Waals surface area contributed by atoms with Gasteiger partial charge in [-0.1, -0.05) is 11.8 Å². The van der Waals surface area contributed by atoms with Crippen molar-refractivity contribution in [3.05, 3.63) is 34.1 Å². The molecule has 1 aromatic heterocycles. The molecule has 1 amide bonds. The van der Waals surface area contributed by atoms with Crippen molar-refractivity contribution < 1.29 is 24.2 Å². The molecule has 0 fully saturated rings. The zero-order valence-electron chi connectivity index (χ0n) is 16.8. The molecule has 0 spiro atoms. The summed E-state index contributed by atoms with van der Waals surface area (Å²) in [4.78, 5) is 41.5. The van der Waals surface area contributed by atoms with Gasteiger partial charge in [0.05, 0.1) is 48.1 Å². The Morgan fingerprint density at radius 3 is 2.66 bits per heavy atom. The molecule has 0 bridgehead atoms. The highest BCUT2D eigenvalue weighted by Gasteiger charge is 2.20. The number of carbonyl (C=O) groups excluding carboxylic acids is 2. The van der Waals surface area contributed by atoms with Gasteiger partial charge in [0.1, 0.15) is 0 Å². The molecule has 2 aromatic rings. The van der Waals surface area contributed by atoms with Crippen LogP contribution >= 0.6 is 11.8 Å². The van der Waals surface area contributed by atoms with E-state index in [0.29, 0.717) is 24.1 Å². The molecule has 2 atom stereocenters. The van der Waals surface area contributed by atoms with Crippen LogP contribution < -0.4 is 10.9 Å². The third-order valence-electron chi connectivity index (χ3n) is 4.05. The Labute approximate surface area is 172 Å². The van der Waals surface area contributed by atoms with E-state index in [-0.39, 0.29) is 28.7 Å². The number of aliphatic hydroxyl groups is 1. The number of esters is 1. The van der Waals surface area contributed by atoms with Crippen molar-refractivity contribution in [2.24, 2.45) is 0 Å². The van der Waals surface area contributed by atoms with Crippen LogP contribution in [0.3, 0.4) is 0 Å². The molecule has 29 heavy (non-hydrogen) atoms. The van der Waals surface area contributed by atoms with Crippen LogP contribution in [0.15, 0.2) is 28.2 Å². The van der Waals surface area contributed by atoms with Crippen molar-refractivity contribution >= 4 is 34.5 Å². The molecular weight excluding hydrogens is 398 g/mol. The van der Waals surface area contributed by atoms with E-state index in [1.807, 2.05) is 0 Å². The Bertz CT molecular complexity index is 943. The Kier molecular flexibility index (Phi) is 8.18. The van der Waals surface area contributed by atoms with E-state index in [2.05, 4.69) is 10.3 Å². The van der Waals surface area contributed by atoms with E-state index < -0.39 is 17.3 Å². The molecule has 10 heteroatoms. The van der Waals surface area contributed by atoms with Gasteiger partial charge in [0, 0.05) is 13.7 Å². The van der Waals surface area contributed by atoms with Crippen LogP contribution in [0, 0.1) is 0 Å². The van der Waals surface area contributed by atoms with Crippen LogP contribution in [0.25, 0.3) is 10.9 Å². The molecule has 0 saturated heterocycles. The van der Waals surface area contributed by atoms with Gasteiger partial charge in [-0.15, -0.1) is 0 Å². The average Bonchev–Trinajstić information content (AvgIpc) is 2.69. The Morgan fingerprint density at radius 1 is 1.31 bits per heavy atom. The van der Waals surface area contributed by atoms with Crippen LogP contribution in [0.2, 0.25) is 0 Å². The number of benzene rings is 1. The average molecular weight is 423 g/mol. The predicted octanol–water partition coefficient (Wildman–Crippen LogP) is 0.807. The second-order valence-corrected chi connectivity index (χ2v) is 7.73. The van der Waals surface area contributed by atoms with Crippen molar-refractivity contribution in [2.75, 3.05) is 27.4 Å². The summed E-state index contributed by atoms with van der Waals surface area (Å²) in [6.45, 7) is 4.04. The molecule has 0 unspecified atom stereocenters. The lowest BCUT2D eigenvalue weighted by atomic mass is 10.1. The quantitative estimate of drug-likeness (QED) is 0.263. The number of carbonyl (C=O) groups is 2. The lowest BCUT2D eigenvalue weighted by molar-refractivity contribution is -0.120. The minimum absolute atomic E-state index is 0.0286. The highest BCUT2D eigenvalue weighted by atomic mass is 32.2. The molecule has 2 N–H and O–H groups in total. The molecular formula is C19H25N3O6S. The fourth-order valence-electron chi connectivity index (χ4n) is 2.59. The molecule has 0 aliphatic rings. The maximum atomic E-state index is 13.0. The second kappa shape index (κ2) is 10.4. The topological polar surface area (TPSA) is 120 Å². The number of aliphatic hydroxyl groups excluding tert-OH is 1. The molecule has 0 aliphatic heterocycles. The fraction of sp³-hybridized carbons (Fsp3) is 0.474. The normalized spacial score (nSPS) is 13.1. The zero-order valence-corrected chi connectivity index (χ0v) is 17.6. The predicted molar refractivity (Wildman–Crippen MR) is 109 cm³/mol. The largest absolute Gasteiger partial charge is 0.465 e. The third-order valence-corrected chi connectivity index (χ3v) is 5.14.